The van der Waals surface area contributed by atoms with Crippen LogP contribution in [0.1, 0.15) is 57.3 Å². The van der Waals surface area contributed by atoms with E-state index in [1.165, 1.54) is 37.6 Å². The fraction of sp³-hybridized carbons (Fsp3) is 0.607. The first-order valence-corrected chi connectivity index (χ1v) is 13.5. The van der Waals surface area contributed by atoms with Crippen LogP contribution >= 0.6 is 0 Å². The third kappa shape index (κ3) is 10.0. The number of piperidine rings is 1. The summed E-state index contributed by atoms with van der Waals surface area (Å²) in [6, 6.07) is 6.00. The van der Waals surface area contributed by atoms with E-state index in [0.29, 0.717) is 12.1 Å². The van der Waals surface area contributed by atoms with Crippen LogP contribution in [0.4, 0.5) is 0 Å². The van der Waals surface area contributed by atoms with Gasteiger partial charge in [0.1, 0.15) is 25.1 Å². The van der Waals surface area contributed by atoms with Crippen LogP contribution < -0.4 is 4.74 Å². The van der Waals surface area contributed by atoms with Crippen molar-refractivity contribution in [1.29, 1.82) is 0 Å². The summed E-state index contributed by atoms with van der Waals surface area (Å²) in [4.78, 5) is 62.0. The molecule has 0 spiro atoms. The van der Waals surface area contributed by atoms with Crippen LogP contribution in [0.3, 0.4) is 0 Å². The molecule has 2 aliphatic heterocycles. The molecule has 2 saturated heterocycles. The minimum atomic E-state index is -1.38. The van der Waals surface area contributed by atoms with Crippen molar-refractivity contribution < 1.29 is 57.1 Å². The van der Waals surface area contributed by atoms with Gasteiger partial charge in [-0.05, 0) is 50.2 Å². The van der Waals surface area contributed by atoms with E-state index in [1.54, 1.807) is 0 Å². The van der Waals surface area contributed by atoms with Crippen molar-refractivity contribution in [3.8, 4) is 5.75 Å². The highest BCUT2D eigenvalue weighted by Gasteiger charge is 2.53. The number of ether oxygens (including phenoxy) is 7. The average Bonchev–Trinajstić information content (AvgIpc) is 2.91. The smallest absolute Gasteiger partial charge is 0.338 e. The molecule has 2 aliphatic rings. The van der Waals surface area contributed by atoms with Gasteiger partial charge in [0.15, 0.2) is 12.2 Å². The summed E-state index contributed by atoms with van der Waals surface area (Å²) in [7, 11) is 0. The van der Waals surface area contributed by atoms with Gasteiger partial charge in [0.2, 0.25) is 12.4 Å². The Morgan fingerprint density at radius 3 is 1.93 bits per heavy atom. The van der Waals surface area contributed by atoms with Gasteiger partial charge < -0.3 is 33.2 Å². The van der Waals surface area contributed by atoms with Crippen molar-refractivity contribution in [2.24, 2.45) is 0 Å². The lowest BCUT2D eigenvalue weighted by Gasteiger charge is -2.43. The molecule has 13 heteroatoms. The Bertz CT molecular complexity index is 1070. The fourth-order valence-corrected chi connectivity index (χ4v) is 4.62. The molecule has 0 unspecified atom stereocenters. The maximum absolute atomic E-state index is 12.5. The van der Waals surface area contributed by atoms with Crippen molar-refractivity contribution in [3.05, 3.63) is 29.8 Å². The van der Waals surface area contributed by atoms with Gasteiger partial charge in [-0.1, -0.05) is 6.42 Å². The third-order valence-electron chi connectivity index (χ3n) is 6.38. The highest BCUT2D eigenvalue weighted by Crippen LogP contribution is 2.31. The van der Waals surface area contributed by atoms with Gasteiger partial charge in [-0.2, -0.15) is 0 Å². The van der Waals surface area contributed by atoms with E-state index < -0.39 is 60.6 Å². The molecule has 226 valence electrons. The van der Waals surface area contributed by atoms with E-state index in [9.17, 15) is 24.0 Å². The number of carbonyl (C=O) groups is 5. The van der Waals surface area contributed by atoms with Crippen molar-refractivity contribution in [2.75, 3.05) is 32.8 Å². The minimum Gasteiger partial charge on any atom is -0.463 e. The number of hydrogen-bond donors (Lipinski definition) is 0. The van der Waals surface area contributed by atoms with Crippen LogP contribution in [-0.4, -0.2) is 98.3 Å². The van der Waals surface area contributed by atoms with Crippen LogP contribution in [0.2, 0.25) is 0 Å². The van der Waals surface area contributed by atoms with Crippen LogP contribution in [0.25, 0.3) is 0 Å². The number of likely N-dealkylation sites (tertiary alicyclic amines) is 1. The molecular formula is C28H37NO12. The highest BCUT2D eigenvalue weighted by molar-refractivity contribution is 5.89. The van der Waals surface area contributed by atoms with Gasteiger partial charge in [-0.3, -0.25) is 24.1 Å². The van der Waals surface area contributed by atoms with Gasteiger partial charge in [-0.25, -0.2) is 4.79 Å². The average molecular weight is 580 g/mol. The first kappa shape index (κ1) is 31.8. The quantitative estimate of drug-likeness (QED) is 0.277. The summed E-state index contributed by atoms with van der Waals surface area (Å²) in [5, 5.41) is 0. The second-order valence-electron chi connectivity index (χ2n) is 9.75. The summed E-state index contributed by atoms with van der Waals surface area (Å²) < 4.78 is 38.4. The fourth-order valence-electron chi connectivity index (χ4n) is 4.62. The number of esters is 5. The van der Waals surface area contributed by atoms with Crippen molar-refractivity contribution in [3.63, 3.8) is 0 Å². The molecule has 1 aromatic rings. The van der Waals surface area contributed by atoms with E-state index in [4.69, 9.17) is 33.2 Å². The zero-order chi connectivity index (χ0) is 29.9. The topological polar surface area (TPSA) is 153 Å². The second-order valence-corrected chi connectivity index (χ2v) is 9.75. The number of benzene rings is 1. The normalized spacial score (nSPS) is 24.4. The maximum Gasteiger partial charge on any atom is 0.338 e. The van der Waals surface area contributed by atoms with Gasteiger partial charge in [-0.15, -0.1) is 0 Å². The lowest BCUT2D eigenvalue weighted by Crippen LogP contribution is -2.63. The molecule has 0 amide bonds. The highest BCUT2D eigenvalue weighted by atomic mass is 16.7. The molecule has 0 radical (unpaired) electrons. The van der Waals surface area contributed by atoms with Crippen LogP contribution in [0.5, 0.6) is 5.75 Å². The molecule has 5 atom stereocenters. The Balaban J connectivity index is 1.75. The zero-order valence-electron chi connectivity index (χ0n) is 23.7. The Kier molecular flexibility index (Phi) is 11.9. The van der Waals surface area contributed by atoms with Crippen molar-refractivity contribution >= 4 is 29.8 Å². The predicted molar refractivity (Wildman–Crippen MR) is 140 cm³/mol. The summed E-state index contributed by atoms with van der Waals surface area (Å²) in [6.45, 7) is 7.18. The first-order chi connectivity index (χ1) is 19.5. The lowest BCUT2D eigenvalue weighted by molar-refractivity contribution is -0.288. The van der Waals surface area contributed by atoms with E-state index in [0.717, 1.165) is 46.7 Å². The lowest BCUT2D eigenvalue weighted by atomic mass is 9.98. The number of hydrogen-bond acceptors (Lipinski definition) is 13. The van der Waals surface area contributed by atoms with Crippen molar-refractivity contribution in [1.82, 2.24) is 4.90 Å². The molecule has 3 rings (SSSR count). The summed E-state index contributed by atoms with van der Waals surface area (Å²) >= 11 is 0. The van der Waals surface area contributed by atoms with Crippen LogP contribution in [0.15, 0.2) is 24.3 Å². The van der Waals surface area contributed by atoms with Crippen molar-refractivity contribution in [2.45, 2.75) is 77.7 Å². The first-order valence-electron chi connectivity index (χ1n) is 13.5. The van der Waals surface area contributed by atoms with E-state index >= 15 is 0 Å². The Labute approximate surface area is 238 Å². The van der Waals surface area contributed by atoms with Gasteiger partial charge in [0.25, 0.3) is 0 Å². The standard InChI is InChI=1S/C28H37NO12/c1-17(30)36-16-23-24(37-18(2)31)25(38-19(3)32)26(39-20(4)33)28(41-23)40-22-10-8-21(9-11-22)27(34)35-15-14-29-12-6-5-7-13-29/h8-11,23-26,28H,5-7,12-16H2,1-4H3/t23-,24-,25+,26-,28+/m1/s1. The largest absolute Gasteiger partial charge is 0.463 e. The van der Waals surface area contributed by atoms with E-state index in [-0.39, 0.29) is 19.0 Å². The molecule has 0 aliphatic carbocycles. The molecule has 2 fully saturated rings. The Morgan fingerprint density at radius 2 is 1.34 bits per heavy atom. The number of rotatable bonds is 11. The number of nitrogens with zero attached hydrogens (tertiary/aromatic N) is 1. The summed E-state index contributed by atoms with van der Waals surface area (Å²) in [5.74, 6) is -3.12. The molecule has 0 N–H and O–H groups in total. The van der Waals surface area contributed by atoms with Crippen LogP contribution in [0, 0.1) is 0 Å². The SMILES string of the molecule is CC(=O)OC[C@H]1O[C@H](Oc2ccc(C(=O)OCCN3CCCCC3)cc2)[C@H](OC(C)=O)[C@@H](OC(C)=O)[C@@H]1OC(C)=O. The van der Waals surface area contributed by atoms with Gasteiger partial charge in [0.05, 0.1) is 5.56 Å². The van der Waals surface area contributed by atoms with Gasteiger partial charge >= 0.3 is 29.8 Å². The molecule has 1 aromatic carbocycles. The molecule has 0 aromatic heterocycles. The predicted octanol–water partition coefficient (Wildman–Crippen LogP) is 1.79. The maximum atomic E-state index is 12.5. The molecular weight excluding hydrogens is 542 g/mol. The minimum absolute atomic E-state index is 0.218. The van der Waals surface area contributed by atoms with Crippen LogP contribution in [-0.2, 0) is 47.6 Å². The third-order valence-corrected chi connectivity index (χ3v) is 6.38. The Morgan fingerprint density at radius 1 is 0.756 bits per heavy atom. The molecule has 0 bridgehead atoms. The molecule has 41 heavy (non-hydrogen) atoms. The molecule has 2 heterocycles. The van der Waals surface area contributed by atoms with Gasteiger partial charge in [0, 0.05) is 34.2 Å². The number of carbonyl (C=O) groups excluding carboxylic acids is 5. The Hall–Kier alpha value is -3.71. The second kappa shape index (κ2) is 15.3. The van der Waals surface area contributed by atoms with E-state index in [1.807, 2.05) is 0 Å². The monoisotopic (exact) mass is 579 g/mol. The molecule has 0 saturated carbocycles. The van der Waals surface area contributed by atoms with E-state index in [2.05, 4.69) is 4.90 Å². The molecule has 13 nitrogen and oxygen atoms in total. The zero-order valence-corrected chi connectivity index (χ0v) is 23.7. The summed E-state index contributed by atoms with van der Waals surface area (Å²) in [6.07, 6.45) is -3.01. The summed E-state index contributed by atoms with van der Waals surface area (Å²) in [5.41, 5.74) is 0.303.